The van der Waals surface area contributed by atoms with E-state index < -0.39 is 0 Å². The van der Waals surface area contributed by atoms with E-state index in [0.29, 0.717) is 18.0 Å². The number of fused-ring (bicyclic) bond motifs is 1. The number of benzene rings is 1. The SMILES string of the molecule is CNc1cccc(N2CCOC3CCCC32)c1[N+](=O)[O-]. The highest BCUT2D eigenvalue weighted by Crippen LogP contribution is 2.40. The minimum Gasteiger partial charge on any atom is -0.382 e. The van der Waals surface area contributed by atoms with E-state index in [1.807, 2.05) is 12.1 Å². The number of para-hydroxylation sites is 1. The lowest BCUT2D eigenvalue weighted by molar-refractivity contribution is -0.383. The van der Waals surface area contributed by atoms with Crippen molar-refractivity contribution < 1.29 is 9.66 Å². The Labute approximate surface area is 117 Å². The first-order valence-corrected chi connectivity index (χ1v) is 7.06. The van der Waals surface area contributed by atoms with E-state index in [1.54, 1.807) is 13.1 Å². The zero-order valence-corrected chi connectivity index (χ0v) is 11.5. The number of nitro groups is 1. The Morgan fingerprint density at radius 3 is 3.05 bits per heavy atom. The minimum atomic E-state index is -0.291. The van der Waals surface area contributed by atoms with Crippen molar-refractivity contribution in [3.05, 3.63) is 28.3 Å². The zero-order valence-electron chi connectivity index (χ0n) is 11.5. The van der Waals surface area contributed by atoms with Crippen LogP contribution in [-0.2, 0) is 4.74 Å². The molecule has 2 aliphatic rings. The van der Waals surface area contributed by atoms with Crippen molar-refractivity contribution >= 4 is 17.1 Å². The number of nitrogens with one attached hydrogen (secondary N) is 1. The van der Waals surface area contributed by atoms with Crippen LogP contribution in [0, 0.1) is 10.1 Å². The predicted molar refractivity (Wildman–Crippen MR) is 77.4 cm³/mol. The van der Waals surface area contributed by atoms with Crippen LogP contribution in [0.3, 0.4) is 0 Å². The lowest BCUT2D eigenvalue weighted by Crippen LogP contribution is -2.48. The molecule has 0 bridgehead atoms. The third-order valence-electron chi connectivity index (χ3n) is 4.26. The molecule has 20 heavy (non-hydrogen) atoms. The lowest BCUT2D eigenvalue weighted by Gasteiger charge is -2.39. The van der Waals surface area contributed by atoms with Crippen LogP contribution in [0.4, 0.5) is 17.1 Å². The molecule has 108 valence electrons. The van der Waals surface area contributed by atoms with Gasteiger partial charge >= 0.3 is 5.69 Å². The van der Waals surface area contributed by atoms with Crippen molar-refractivity contribution in [1.82, 2.24) is 0 Å². The number of rotatable bonds is 3. The summed E-state index contributed by atoms with van der Waals surface area (Å²) in [5.74, 6) is 0. The topological polar surface area (TPSA) is 67.6 Å². The van der Waals surface area contributed by atoms with Crippen LogP contribution in [0.25, 0.3) is 0 Å². The molecule has 0 aromatic heterocycles. The maximum Gasteiger partial charge on any atom is 0.315 e. The maximum absolute atomic E-state index is 11.4. The monoisotopic (exact) mass is 277 g/mol. The molecule has 1 aliphatic carbocycles. The van der Waals surface area contributed by atoms with Crippen molar-refractivity contribution in [3.63, 3.8) is 0 Å². The summed E-state index contributed by atoms with van der Waals surface area (Å²) in [7, 11) is 1.71. The number of nitro benzene ring substituents is 1. The fourth-order valence-corrected chi connectivity index (χ4v) is 3.38. The number of hydrogen-bond acceptors (Lipinski definition) is 5. The van der Waals surface area contributed by atoms with Gasteiger partial charge in [0.15, 0.2) is 0 Å². The molecule has 1 aromatic rings. The molecule has 0 radical (unpaired) electrons. The van der Waals surface area contributed by atoms with Gasteiger partial charge in [-0.05, 0) is 31.4 Å². The molecule has 3 rings (SSSR count). The van der Waals surface area contributed by atoms with Crippen molar-refractivity contribution in [2.75, 3.05) is 30.4 Å². The van der Waals surface area contributed by atoms with Gasteiger partial charge in [0.1, 0.15) is 11.4 Å². The van der Waals surface area contributed by atoms with Crippen LogP contribution in [0.15, 0.2) is 18.2 Å². The molecule has 0 spiro atoms. The van der Waals surface area contributed by atoms with Crippen molar-refractivity contribution in [1.29, 1.82) is 0 Å². The summed E-state index contributed by atoms with van der Waals surface area (Å²) in [4.78, 5) is 13.3. The van der Waals surface area contributed by atoms with E-state index in [0.717, 1.165) is 25.8 Å². The molecule has 1 N–H and O–H groups in total. The zero-order chi connectivity index (χ0) is 14.1. The lowest BCUT2D eigenvalue weighted by atomic mass is 10.1. The molecule has 1 heterocycles. The fraction of sp³-hybridized carbons (Fsp3) is 0.571. The normalized spacial score (nSPS) is 25.4. The molecule has 6 heteroatoms. The fourth-order valence-electron chi connectivity index (χ4n) is 3.38. The van der Waals surface area contributed by atoms with E-state index >= 15 is 0 Å². The standard InChI is InChI=1S/C14H19N3O3/c1-15-10-4-2-6-12(14(10)17(18)19)16-8-9-20-13-7-3-5-11(13)16/h2,4,6,11,13,15H,3,5,7-9H2,1H3. The summed E-state index contributed by atoms with van der Waals surface area (Å²) in [6.07, 6.45) is 3.46. The van der Waals surface area contributed by atoms with Gasteiger partial charge in [-0.3, -0.25) is 10.1 Å². The van der Waals surface area contributed by atoms with Crippen molar-refractivity contribution in [2.45, 2.75) is 31.4 Å². The van der Waals surface area contributed by atoms with Gasteiger partial charge in [-0.1, -0.05) is 6.07 Å². The second kappa shape index (κ2) is 5.28. The summed E-state index contributed by atoms with van der Waals surface area (Å²) >= 11 is 0. The summed E-state index contributed by atoms with van der Waals surface area (Å²) < 4.78 is 5.78. The van der Waals surface area contributed by atoms with Crippen LogP contribution in [0.2, 0.25) is 0 Å². The number of morpholine rings is 1. The third-order valence-corrected chi connectivity index (χ3v) is 4.26. The molecule has 1 aromatic carbocycles. The molecular formula is C14H19N3O3. The smallest absolute Gasteiger partial charge is 0.315 e. The molecule has 6 nitrogen and oxygen atoms in total. The van der Waals surface area contributed by atoms with Crippen LogP contribution < -0.4 is 10.2 Å². The average Bonchev–Trinajstić information content (AvgIpc) is 2.94. The Kier molecular flexibility index (Phi) is 3.48. The molecule has 1 saturated heterocycles. The van der Waals surface area contributed by atoms with Crippen LogP contribution in [0.5, 0.6) is 0 Å². The van der Waals surface area contributed by atoms with E-state index in [2.05, 4.69) is 10.2 Å². The third kappa shape index (κ3) is 2.10. The first-order valence-electron chi connectivity index (χ1n) is 7.06. The second-order valence-corrected chi connectivity index (χ2v) is 5.28. The van der Waals surface area contributed by atoms with Gasteiger partial charge in [-0.25, -0.2) is 0 Å². The quantitative estimate of drug-likeness (QED) is 0.678. The maximum atomic E-state index is 11.4. The minimum absolute atomic E-state index is 0.169. The first-order chi connectivity index (χ1) is 9.72. The highest BCUT2D eigenvalue weighted by atomic mass is 16.6. The highest BCUT2D eigenvalue weighted by Gasteiger charge is 2.38. The highest BCUT2D eigenvalue weighted by molar-refractivity contribution is 5.77. The molecular weight excluding hydrogens is 258 g/mol. The molecule has 2 unspecified atom stereocenters. The van der Waals surface area contributed by atoms with Gasteiger partial charge < -0.3 is 15.0 Å². The number of ether oxygens (including phenoxy) is 1. The number of nitrogens with zero attached hydrogens (tertiary/aromatic N) is 2. The second-order valence-electron chi connectivity index (χ2n) is 5.28. The number of anilines is 2. The van der Waals surface area contributed by atoms with E-state index in [1.165, 1.54) is 0 Å². The molecule has 1 saturated carbocycles. The van der Waals surface area contributed by atoms with Crippen molar-refractivity contribution in [3.8, 4) is 0 Å². The predicted octanol–water partition coefficient (Wildman–Crippen LogP) is 2.39. The van der Waals surface area contributed by atoms with Crippen LogP contribution in [-0.4, -0.2) is 37.3 Å². The van der Waals surface area contributed by atoms with Gasteiger partial charge in [0.05, 0.1) is 23.7 Å². The Balaban J connectivity index is 2.02. The van der Waals surface area contributed by atoms with Crippen LogP contribution in [0.1, 0.15) is 19.3 Å². The van der Waals surface area contributed by atoms with Gasteiger partial charge in [0.25, 0.3) is 0 Å². The molecule has 2 fully saturated rings. The van der Waals surface area contributed by atoms with Gasteiger partial charge in [0, 0.05) is 13.6 Å². The van der Waals surface area contributed by atoms with E-state index in [9.17, 15) is 10.1 Å². The average molecular weight is 277 g/mol. The van der Waals surface area contributed by atoms with Gasteiger partial charge in [-0.2, -0.15) is 0 Å². The van der Waals surface area contributed by atoms with Gasteiger partial charge in [0.2, 0.25) is 0 Å². The summed E-state index contributed by atoms with van der Waals surface area (Å²) in [5.41, 5.74) is 1.44. The Morgan fingerprint density at radius 1 is 1.45 bits per heavy atom. The molecule has 2 atom stereocenters. The van der Waals surface area contributed by atoms with E-state index in [4.69, 9.17) is 4.74 Å². The summed E-state index contributed by atoms with van der Waals surface area (Å²) in [6, 6.07) is 5.73. The first kappa shape index (κ1) is 13.2. The molecule has 0 amide bonds. The van der Waals surface area contributed by atoms with E-state index in [-0.39, 0.29) is 22.8 Å². The number of hydrogen-bond donors (Lipinski definition) is 1. The summed E-state index contributed by atoms with van der Waals surface area (Å²) in [5, 5.41) is 14.4. The van der Waals surface area contributed by atoms with Crippen molar-refractivity contribution in [2.24, 2.45) is 0 Å². The largest absolute Gasteiger partial charge is 0.382 e. The molecule has 1 aliphatic heterocycles. The van der Waals surface area contributed by atoms with Crippen LogP contribution >= 0.6 is 0 Å². The Bertz CT molecular complexity index is 520. The Hall–Kier alpha value is -1.82. The summed E-state index contributed by atoms with van der Waals surface area (Å²) in [6.45, 7) is 1.36. The van der Waals surface area contributed by atoms with Gasteiger partial charge in [-0.15, -0.1) is 0 Å². The Morgan fingerprint density at radius 2 is 2.30 bits per heavy atom.